The molecule has 2 aromatic heterocycles. The first kappa shape index (κ1) is 18.0. The maximum atomic E-state index is 12.6. The Kier molecular flexibility index (Phi) is 5.36. The summed E-state index contributed by atoms with van der Waals surface area (Å²) >= 11 is 2.99. The second-order valence-electron chi connectivity index (χ2n) is 7.37. The predicted octanol–water partition coefficient (Wildman–Crippen LogP) is 3.79. The summed E-state index contributed by atoms with van der Waals surface area (Å²) in [6.45, 7) is 1.88. The minimum absolute atomic E-state index is 0.0371. The van der Waals surface area contributed by atoms with Crippen LogP contribution in [0, 0.1) is 0 Å². The third-order valence-electron chi connectivity index (χ3n) is 5.41. The molecule has 2 aliphatic rings. The third-order valence-corrected chi connectivity index (χ3v) is 7.58. The van der Waals surface area contributed by atoms with Crippen LogP contribution in [0.15, 0.2) is 9.95 Å². The number of hydrogen-bond acceptors (Lipinski definition) is 5. The number of nitrogens with zero attached hydrogens (tertiary/aromatic N) is 1. The van der Waals surface area contributed by atoms with Crippen LogP contribution in [0.25, 0.3) is 10.2 Å². The van der Waals surface area contributed by atoms with Crippen molar-refractivity contribution in [1.29, 1.82) is 0 Å². The first-order chi connectivity index (χ1) is 12.6. The summed E-state index contributed by atoms with van der Waals surface area (Å²) in [5.41, 5.74) is 1.14. The molecule has 0 spiro atoms. The molecule has 0 aromatic carbocycles. The molecule has 2 aliphatic carbocycles. The highest BCUT2D eigenvalue weighted by molar-refractivity contribution is 8.00. The monoisotopic (exact) mass is 391 g/mol. The Morgan fingerprint density at radius 2 is 2.00 bits per heavy atom. The molecule has 0 aliphatic heterocycles. The first-order valence-electron chi connectivity index (χ1n) is 9.63. The number of aromatic nitrogens is 2. The Morgan fingerprint density at radius 1 is 1.23 bits per heavy atom. The molecule has 1 fully saturated rings. The van der Waals surface area contributed by atoms with Gasteiger partial charge in [-0.1, -0.05) is 31.0 Å². The number of thioether (sulfide) groups is 1. The summed E-state index contributed by atoms with van der Waals surface area (Å²) in [4.78, 5) is 34.8. The number of nitrogens with one attached hydrogen (secondary N) is 2. The van der Waals surface area contributed by atoms with E-state index in [1.807, 2.05) is 6.92 Å². The minimum atomic E-state index is -0.271. The Bertz CT molecular complexity index is 868. The largest absolute Gasteiger partial charge is 0.352 e. The van der Waals surface area contributed by atoms with Gasteiger partial charge in [0.05, 0.1) is 10.6 Å². The fourth-order valence-corrected chi connectivity index (χ4v) is 6.11. The van der Waals surface area contributed by atoms with Gasteiger partial charge in [-0.2, -0.15) is 0 Å². The van der Waals surface area contributed by atoms with Crippen molar-refractivity contribution >= 4 is 39.2 Å². The van der Waals surface area contributed by atoms with E-state index in [-0.39, 0.29) is 16.7 Å². The van der Waals surface area contributed by atoms with E-state index >= 15 is 0 Å². The van der Waals surface area contributed by atoms with Crippen molar-refractivity contribution in [3.63, 3.8) is 0 Å². The van der Waals surface area contributed by atoms with Gasteiger partial charge in [0.2, 0.25) is 5.91 Å². The number of carbonyl (C=O) groups is 1. The zero-order valence-corrected chi connectivity index (χ0v) is 16.7. The lowest BCUT2D eigenvalue weighted by Crippen LogP contribution is -2.40. The molecule has 5 nitrogen and oxygen atoms in total. The van der Waals surface area contributed by atoms with Gasteiger partial charge in [-0.05, 0) is 51.0 Å². The Hall–Kier alpha value is -1.34. The number of H-pyrrole nitrogens is 1. The van der Waals surface area contributed by atoms with Crippen molar-refractivity contribution in [3.8, 4) is 0 Å². The lowest BCUT2D eigenvalue weighted by Gasteiger charge is -2.24. The van der Waals surface area contributed by atoms with Crippen LogP contribution < -0.4 is 10.9 Å². The van der Waals surface area contributed by atoms with Crippen LogP contribution in [0.2, 0.25) is 0 Å². The summed E-state index contributed by atoms with van der Waals surface area (Å²) in [6.07, 6.45) is 10.2. The fourth-order valence-electron chi connectivity index (χ4n) is 3.99. The maximum Gasteiger partial charge on any atom is 0.260 e. The van der Waals surface area contributed by atoms with Gasteiger partial charge in [-0.15, -0.1) is 11.3 Å². The number of fused-ring (bicyclic) bond motifs is 3. The summed E-state index contributed by atoms with van der Waals surface area (Å²) in [6, 6.07) is 0.304. The van der Waals surface area contributed by atoms with Crippen molar-refractivity contribution < 1.29 is 4.79 Å². The number of amides is 1. The predicted molar refractivity (Wildman–Crippen MR) is 107 cm³/mol. The highest BCUT2D eigenvalue weighted by Crippen LogP contribution is 2.34. The van der Waals surface area contributed by atoms with Gasteiger partial charge in [0, 0.05) is 10.9 Å². The summed E-state index contributed by atoms with van der Waals surface area (Å²) in [5.74, 6) is 0.0371. The van der Waals surface area contributed by atoms with Crippen LogP contribution >= 0.6 is 23.1 Å². The zero-order valence-electron chi connectivity index (χ0n) is 15.1. The molecule has 2 N–H and O–H groups in total. The van der Waals surface area contributed by atoms with E-state index in [1.54, 1.807) is 11.3 Å². The average Bonchev–Trinajstić information content (AvgIpc) is 3.01. The molecule has 4 rings (SSSR count). The van der Waals surface area contributed by atoms with E-state index < -0.39 is 0 Å². The van der Waals surface area contributed by atoms with Crippen LogP contribution in [0.1, 0.15) is 62.3 Å². The van der Waals surface area contributed by atoms with Gasteiger partial charge in [0.1, 0.15) is 4.83 Å². The average molecular weight is 392 g/mol. The quantitative estimate of drug-likeness (QED) is 0.614. The van der Waals surface area contributed by atoms with Gasteiger partial charge in [0.15, 0.2) is 5.16 Å². The van der Waals surface area contributed by atoms with E-state index in [9.17, 15) is 9.59 Å². The number of rotatable bonds is 4. The maximum absolute atomic E-state index is 12.6. The normalized spacial score (nSPS) is 19.3. The fraction of sp³-hybridized carbons (Fsp3) is 0.632. The number of aryl methyl sites for hydroxylation is 2. The Labute approximate surface area is 161 Å². The summed E-state index contributed by atoms with van der Waals surface area (Å²) in [7, 11) is 0. The van der Waals surface area contributed by atoms with Crippen LogP contribution in [-0.4, -0.2) is 27.2 Å². The molecule has 1 amide bonds. The smallest absolute Gasteiger partial charge is 0.260 e. The van der Waals surface area contributed by atoms with E-state index in [1.165, 1.54) is 47.9 Å². The molecular formula is C19H25N3O2S2. The number of thiophene rings is 1. The molecule has 2 heterocycles. The van der Waals surface area contributed by atoms with Crippen molar-refractivity contribution in [2.75, 3.05) is 0 Å². The molecule has 1 atom stereocenters. The van der Waals surface area contributed by atoms with E-state index in [4.69, 9.17) is 0 Å². The Morgan fingerprint density at radius 3 is 2.81 bits per heavy atom. The van der Waals surface area contributed by atoms with Gasteiger partial charge in [-0.25, -0.2) is 4.98 Å². The van der Waals surface area contributed by atoms with Crippen molar-refractivity contribution in [3.05, 3.63) is 20.8 Å². The van der Waals surface area contributed by atoms with Crippen molar-refractivity contribution in [2.24, 2.45) is 0 Å². The lowest BCUT2D eigenvalue weighted by atomic mass is 9.95. The third kappa shape index (κ3) is 3.69. The van der Waals surface area contributed by atoms with Gasteiger partial charge in [-0.3, -0.25) is 9.59 Å². The number of carbonyl (C=O) groups excluding carboxylic acids is 1. The highest BCUT2D eigenvalue weighted by atomic mass is 32.2. The van der Waals surface area contributed by atoms with Crippen LogP contribution in [0.3, 0.4) is 0 Å². The molecular weight excluding hydrogens is 366 g/mol. The van der Waals surface area contributed by atoms with Crippen LogP contribution in [-0.2, 0) is 17.6 Å². The second kappa shape index (κ2) is 7.72. The molecule has 7 heteroatoms. The molecule has 26 heavy (non-hydrogen) atoms. The molecule has 2 aromatic rings. The van der Waals surface area contributed by atoms with Gasteiger partial charge >= 0.3 is 0 Å². The Balaban J connectivity index is 1.49. The topological polar surface area (TPSA) is 74.8 Å². The molecule has 140 valence electrons. The molecule has 0 unspecified atom stereocenters. The summed E-state index contributed by atoms with van der Waals surface area (Å²) < 4.78 is 0. The number of aromatic amines is 1. The van der Waals surface area contributed by atoms with Crippen LogP contribution in [0.5, 0.6) is 0 Å². The molecule has 1 saturated carbocycles. The first-order valence-corrected chi connectivity index (χ1v) is 11.3. The summed E-state index contributed by atoms with van der Waals surface area (Å²) in [5, 5.41) is 4.20. The zero-order chi connectivity index (χ0) is 18.1. The highest BCUT2D eigenvalue weighted by Gasteiger charge is 2.23. The second-order valence-corrected chi connectivity index (χ2v) is 9.78. The minimum Gasteiger partial charge on any atom is -0.352 e. The van der Waals surface area contributed by atoms with Gasteiger partial charge in [0.25, 0.3) is 5.56 Å². The van der Waals surface area contributed by atoms with Crippen molar-refractivity contribution in [1.82, 2.24) is 15.3 Å². The van der Waals surface area contributed by atoms with Gasteiger partial charge < -0.3 is 10.3 Å². The standard InChI is InChI=1S/C19H25N3O2S2/c1-11(16(23)20-12-7-3-2-4-8-12)25-19-21-17(24)15-13-9-5-6-10-14(13)26-18(15)22-19/h11-12H,2-10H2,1H3,(H,20,23)(H,21,22,24)/t11-/m0/s1. The number of hydrogen-bond donors (Lipinski definition) is 2. The van der Waals surface area contributed by atoms with Crippen LogP contribution in [0.4, 0.5) is 0 Å². The van der Waals surface area contributed by atoms with E-state index in [0.29, 0.717) is 11.2 Å². The SMILES string of the molecule is C[C@H](Sc1nc2sc3c(c2c(=O)[nH]1)CCCC3)C(=O)NC1CCCCC1. The lowest BCUT2D eigenvalue weighted by molar-refractivity contribution is -0.121. The molecule has 0 saturated heterocycles. The van der Waals surface area contributed by atoms with E-state index in [0.717, 1.165) is 42.3 Å². The molecule has 0 radical (unpaired) electrons. The van der Waals surface area contributed by atoms with Crippen molar-refractivity contribution in [2.45, 2.75) is 81.2 Å². The molecule has 0 bridgehead atoms. The van der Waals surface area contributed by atoms with E-state index in [2.05, 4.69) is 15.3 Å².